The lowest BCUT2D eigenvalue weighted by Gasteiger charge is -2.08. The summed E-state index contributed by atoms with van der Waals surface area (Å²) in [6, 6.07) is 36.1. The van der Waals surface area contributed by atoms with Crippen LogP contribution in [-0.2, 0) is 6.42 Å². The summed E-state index contributed by atoms with van der Waals surface area (Å²) in [6.45, 7) is 0. The maximum absolute atomic E-state index is 7.77. The van der Waals surface area contributed by atoms with E-state index in [-0.39, 0.29) is 5.84 Å². The predicted molar refractivity (Wildman–Crippen MR) is 138 cm³/mol. The second kappa shape index (κ2) is 10.2. The summed E-state index contributed by atoms with van der Waals surface area (Å²) in [7, 11) is 0. The van der Waals surface area contributed by atoms with Crippen LogP contribution in [0.15, 0.2) is 120 Å². The molecule has 0 amide bonds. The van der Waals surface area contributed by atoms with Crippen molar-refractivity contribution < 1.29 is 0 Å². The zero-order chi connectivity index (χ0) is 23.0. The van der Waals surface area contributed by atoms with Gasteiger partial charge in [0.1, 0.15) is 11.7 Å². The smallest absolute Gasteiger partial charge is 0.131 e. The minimum atomic E-state index is 0.0210. The van der Waals surface area contributed by atoms with Crippen molar-refractivity contribution in [3.05, 3.63) is 138 Å². The Hall–Kier alpha value is -4.44. The normalized spacial score (nSPS) is 11.9. The van der Waals surface area contributed by atoms with Crippen LogP contribution < -0.4 is 11.5 Å². The maximum Gasteiger partial charge on any atom is 0.131 e. The fraction of sp³-hybridized carbons (Fsp3) is 0.0345. The Morgan fingerprint density at radius 3 is 1.91 bits per heavy atom. The molecule has 0 aliphatic rings. The van der Waals surface area contributed by atoms with Crippen LogP contribution in [0, 0.1) is 5.41 Å². The highest BCUT2D eigenvalue weighted by atomic mass is 14.9. The summed E-state index contributed by atoms with van der Waals surface area (Å²) in [5, 5.41) is 7.77. The number of benzene rings is 4. The van der Waals surface area contributed by atoms with Crippen LogP contribution >= 0.6 is 0 Å². The Morgan fingerprint density at radius 1 is 0.667 bits per heavy atom. The van der Waals surface area contributed by atoms with Gasteiger partial charge < -0.3 is 11.5 Å². The molecule has 0 atom stereocenters. The molecule has 0 aromatic heterocycles. The zero-order valence-electron chi connectivity index (χ0n) is 18.3. The van der Waals surface area contributed by atoms with Crippen molar-refractivity contribution >= 4 is 17.4 Å². The average Bonchev–Trinajstić information content (AvgIpc) is 2.88. The molecule has 0 radical (unpaired) electrons. The average molecular weight is 431 g/mol. The summed E-state index contributed by atoms with van der Waals surface area (Å²) in [5.74, 6) is 0.460. The van der Waals surface area contributed by atoms with E-state index in [1.54, 1.807) is 0 Å². The number of hydrogen-bond acceptors (Lipinski definition) is 2. The number of nitrogens with one attached hydrogen (secondary N) is 1. The van der Waals surface area contributed by atoms with Crippen LogP contribution in [0.3, 0.4) is 0 Å². The molecule has 5 N–H and O–H groups in total. The monoisotopic (exact) mass is 430 g/mol. The minimum absolute atomic E-state index is 0.0210. The first-order valence-corrected chi connectivity index (χ1v) is 10.8. The van der Waals surface area contributed by atoms with Gasteiger partial charge in [0, 0.05) is 16.7 Å². The molecule has 0 fully saturated rings. The van der Waals surface area contributed by atoms with E-state index < -0.39 is 0 Å². The first-order chi connectivity index (χ1) is 16.1. The van der Waals surface area contributed by atoms with E-state index in [0.717, 1.165) is 16.8 Å². The first kappa shape index (κ1) is 21.8. The molecule has 4 heteroatoms. The second-order valence-corrected chi connectivity index (χ2v) is 7.71. The summed E-state index contributed by atoms with van der Waals surface area (Å²) < 4.78 is 0. The van der Waals surface area contributed by atoms with Gasteiger partial charge in [-0.25, -0.2) is 4.99 Å². The van der Waals surface area contributed by atoms with E-state index in [9.17, 15) is 0 Å². The van der Waals surface area contributed by atoms with Gasteiger partial charge in [0.25, 0.3) is 0 Å². The lowest BCUT2D eigenvalue weighted by molar-refractivity contribution is 1.26. The van der Waals surface area contributed by atoms with Crippen molar-refractivity contribution in [2.45, 2.75) is 6.42 Å². The largest absolute Gasteiger partial charge is 0.384 e. The van der Waals surface area contributed by atoms with Crippen LogP contribution in [-0.4, -0.2) is 11.7 Å². The molecule has 162 valence electrons. The summed E-state index contributed by atoms with van der Waals surface area (Å²) >= 11 is 0. The number of hydrogen-bond donors (Lipinski definition) is 3. The van der Waals surface area contributed by atoms with Crippen molar-refractivity contribution in [1.82, 2.24) is 0 Å². The summed E-state index contributed by atoms with van der Waals surface area (Å²) in [4.78, 5) is 4.74. The van der Waals surface area contributed by atoms with Crippen LogP contribution in [0.2, 0.25) is 0 Å². The lowest BCUT2D eigenvalue weighted by atomic mass is 10.0. The van der Waals surface area contributed by atoms with Gasteiger partial charge in [-0.15, -0.1) is 0 Å². The van der Waals surface area contributed by atoms with E-state index in [0.29, 0.717) is 17.8 Å². The molecule has 33 heavy (non-hydrogen) atoms. The Balaban J connectivity index is 1.65. The van der Waals surface area contributed by atoms with Crippen LogP contribution in [0.5, 0.6) is 0 Å². The van der Waals surface area contributed by atoms with Crippen LogP contribution in [0.4, 0.5) is 0 Å². The number of rotatable bonds is 7. The zero-order valence-corrected chi connectivity index (χ0v) is 18.3. The highest BCUT2D eigenvalue weighted by Crippen LogP contribution is 2.22. The van der Waals surface area contributed by atoms with Crippen molar-refractivity contribution in [3.8, 4) is 11.1 Å². The van der Waals surface area contributed by atoms with Gasteiger partial charge in [0.05, 0.1) is 5.70 Å². The van der Waals surface area contributed by atoms with Gasteiger partial charge in [-0.05, 0) is 29.2 Å². The highest BCUT2D eigenvalue weighted by molar-refractivity contribution is 6.01. The molecule has 0 saturated carbocycles. The standard InChI is InChI=1S/C29H26N4/c30-28(31)26-13-7-12-25(20-26)27(33-29(32)24-10-5-2-6-11-24)19-16-21-14-17-23(18-15-21)22-8-3-1-4-9-22/h1-15,17-20H,16H2,(H3,30,31)(H2,32,33)/b27-19-. The van der Waals surface area contributed by atoms with Crippen LogP contribution in [0.1, 0.15) is 22.3 Å². The van der Waals surface area contributed by atoms with E-state index in [2.05, 4.69) is 42.5 Å². The third-order valence-corrected chi connectivity index (χ3v) is 5.37. The third-order valence-electron chi connectivity index (χ3n) is 5.37. The molecule has 0 aliphatic heterocycles. The second-order valence-electron chi connectivity index (χ2n) is 7.71. The summed E-state index contributed by atoms with van der Waals surface area (Å²) in [5.41, 5.74) is 18.7. The fourth-order valence-corrected chi connectivity index (χ4v) is 3.56. The predicted octanol–water partition coefficient (Wildman–Crippen LogP) is 5.63. The van der Waals surface area contributed by atoms with Gasteiger partial charge in [0.2, 0.25) is 0 Å². The van der Waals surface area contributed by atoms with Gasteiger partial charge >= 0.3 is 0 Å². The van der Waals surface area contributed by atoms with E-state index in [4.69, 9.17) is 21.9 Å². The number of aliphatic imine (C=N–C) groups is 1. The molecular weight excluding hydrogens is 404 g/mol. The molecule has 0 heterocycles. The number of amidine groups is 2. The Bertz CT molecular complexity index is 1290. The molecule has 0 aliphatic carbocycles. The Labute approximate surface area is 194 Å². The number of allylic oxidation sites excluding steroid dienone is 1. The molecule has 0 spiro atoms. The quantitative estimate of drug-likeness (QED) is 0.262. The molecule has 4 aromatic rings. The number of nitrogens with zero attached hydrogens (tertiary/aromatic N) is 1. The molecule has 4 nitrogen and oxygen atoms in total. The van der Waals surface area contributed by atoms with E-state index in [1.165, 1.54) is 16.7 Å². The molecule has 0 bridgehead atoms. The lowest BCUT2D eigenvalue weighted by Crippen LogP contribution is -2.13. The fourth-order valence-electron chi connectivity index (χ4n) is 3.56. The van der Waals surface area contributed by atoms with Crippen molar-refractivity contribution in [2.75, 3.05) is 0 Å². The van der Waals surface area contributed by atoms with Crippen molar-refractivity contribution in [3.63, 3.8) is 0 Å². The number of nitrogen functional groups attached to an aromatic ring is 1. The van der Waals surface area contributed by atoms with Crippen molar-refractivity contribution in [2.24, 2.45) is 16.5 Å². The first-order valence-electron chi connectivity index (χ1n) is 10.8. The van der Waals surface area contributed by atoms with E-state index in [1.807, 2.05) is 72.8 Å². The molecule has 4 aromatic carbocycles. The Kier molecular flexibility index (Phi) is 6.76. The van der Waals surface area contributed by atoms with Crippen LogP contribution in [0.25, 0.3) is 16.8 Å². The van der Waals surface area contributed by atoms with E-state index >= 15 is 0 Å². The van der Waals surface area contributed by atoms with Gasteiger partial charge in [-0.2, -0.15) is 0 Å². The molecule has 4 rings (SSSR count). The number of nitrogens with two attached hydrogens (primary N) is 2. The van der Waals surface area contributed by atoms with Crippen molar-refractivity contribution in [1.29, 1.82) is 5.41 Å². The van der Waals surface area contributed by atoms with Gasteiger partial charge in [0.15, 0.2) is 0 Å². The maximum atomic E-state index is 7.77. The molecular formula is C29H26N4. The molecule has 0 unspecified atom stereocenters. The SMILES string of the molecule is N=C(N)c1cccc(/C(=C/Cc2ccc(-c3ccccc3)cc2)N=C(N)c2ccccc2)c1. The summed E-state index contributed by atoms with van der Waals surface area (Å²) in [6.07, 6.45) is 2.76. The minimum Gasteiger partial charge on any atom is -0.384 e. The van der Waals surface area contributed by atoms with Gasteiger partial charge in [-0.3, -0.25) is 5.41 Å². The van der Waals surface area contributed by atoms with Gasteiger partial charge in [-0.1, -0.05) is 109 Å². The highest BCUT2D eigenvalue weighted by Gasteiger charge is 2.07. The third kappa shape index (κ3) is 5.63. The topological polar surface area (TPSA) is 88.2 Å². The molecule has 0 saturated heterocycles. The Morgan fingerprint density at radius 2 is 1.24 bits per heavy atom.